The van der Waals surface area contributed by atoms with E-state index in [-0.39, 0.29) is 0 Å². The van der Waals surface area contributed by atoms with Crippen molar-refractivity contribution in [3.63, 3.8) is 0 Å². The zero-order valence-corrected chi connectivity index (χ0v) is 12.4. The van der Waals surface area contributed by atoms with E-state index < -0.39 is 0 Å². The fraction of sp³-hybridized carbons (Fsp3) is 0.286. The van der Waals surface area contributed by atoms with Crippen LogP contribution in [-0.2, 0) is 19.5 Å². The molecule has 0 saturated carbocycles. The summed E-state index contributed by atoms with van der Waals surface area (Å²) in [7, 11) is 0. The minimum Gasteiger partial charge on any atom is -0.384 e. The van der Waals surface area contributed by atoms with Crippen molar-refractivity contribution in [2.45, 2.75) is 19.5 Å². The molecule has 2 aromatic rings. The van der Waals surface area contributed by atoms with Gasteiger partial charge in [-0.3, -0.25) is 0 Å². The Morgan fingerprint density at radius 2 is 2.22 bits per heavy atom. The van der Waals surface area contributed by atoms with Crippen molar-refractivity contribution >= 4 is 33.0 Å². The predicted molar refractivity (Wildman–Crippen MR) is 81.2 cm³/mol. The molecule has 0 fully saturated rings. The van der Waals surface area contributed by atoms with Crippen LogP contribution >= 0.6 is 27.3 Å². The third-order valence-electron chi connectivity index (χ3n) is 3.19. The summed E-state index contributed by atoms with van der Waals surface area (Å²) >= 11 is 5.34. The fourth-order valence-electron chi connectivity index (χ4n) is 2.22. The van der Waals surface area contributed by atoms with Gasteiger partial charge in [-0.15, -0.1) is 11.3 Å². The van der Waals surface area contributed by atoms with Crippen LogP contribution in [0.5, 0.6) is 0 Å². The summed E-state index contributed by atoms with van der Waals surface area (Å²) in [6, 6.07) is 8.83. The van der Waals surface area contributed by atoms with Crippen LogP contribution in [0.3, 0.4) is 0 Å². The lowest BCUT2D eigenvalue weighted by Crippen LogP contribution is -2.12. The first-order chi connectivity index (χ1) is 8.83. The van der Waals surface area contributed by atoms with E-state index in [1.807, 2.05) is 0 Å². The summed E-state index contributed by atoms with van der Waals surface area (Å²) in [5, 5.41) is 9.02. The topological polar surface area (TPSA) is 24.1 Å². The molecule has 1 aliphatic heterocycles. The Morgan fingerprint density at radius 1 is 1.28 bits per heavy atom. The van der Waals surface area contributed by atoms with Gasteiger partial charge in [0.15, 0.2) is 0 Å². The highest BCUT2D eigenvalue weighted by atomic mass is 79.9. The van der Waals surface area contributed by atoms with Crippen LogP contribution in [0.2, 0.25) is 0 Å². The molecule has 2 N–H and O–H groups in total. The van der Waals surface area contributed by atoms with Gasteiger partial charge in [0, 0.05) is 34.7 Å². The molecule has 0 saturated heterocycles. The maximum Gasteiger partial charge on any atom is 0.0376 e. The lowest BCUT2D eigenvalue weighted by Gasteiger charge is -2.06. The third-order valence-corrected chi connectivity index (χ3v) is 5.12. The number of halogens is 1. The Hall–Kier alpha value is -0.840. The van der Waals surface area contributed by atoms with Gasteiger partial charge >= 0.3 is 0 Å². The van der Waals surface area contributed by atoms with Crippen LogP contribution in [0.1, 0.15) is 16.0 Å². The Labute approximate surface area is 120 Å². The Balaban J connectivity index is 1.59. The number of benzene rings is 1. The predicted octanol–water partition coefficient (Wildman–Crippen LogP) is 3.77. The third kappa shape index (κ3) is 2.60. The number of rotatable bonds is 4. The van der Waals surface area contributed by atoms with Crippen molar-refractivity contribution in [3.05, 3.63) is 50.1 Å². The van der Waals surface area contributed by atoms with Gasteiger partial charge in [-0.25, -0.2) is 0 Å². The zero-order chi connectivity index (χ0) is 12.4. The molecule has 0 aliphatic carbocycles. The van der Waals surface area contributed by atoms with E-state index in [9.17, 15) is 0 Å². The first kappa shape index (κ1) is 12.2. The van der Waals surface area contributed by atoms with E-state index in [1.165, 1.54) is 26.2 Å². The van der Waals surface area contributed by atoms with Gasteiger partial charge in [0.05, 0.1) is 0 Å². The number of hydrogen-bond donors (Lipinski definition) is 2. The van der Waals surface area contributed by atoms with Crippen LogP contribution in [0, 0.1) is 0 Å². The summed E-state index contributed by atoms with van der Waals surface area (Å²) in [6.07, 6.45) is 1.16. The molecular formula is C14H15BrN2S. The van der Waals surface area contributed by atoms with E-state index in [1.54, 1.807) is 11.3 Å². The SMILES string of the molecule is Brc1ccsc1CNCc1ccc2c(c1)NCC2. The highest BCUT2D eigenvalue weighted by Crippen LogP contribution is 2.24. The monoisotopic (exact) mass is 322 g/mol. The van der Waals surface area contributed by atoms with Gasteiger partial charge in [0.25, 0.3) is 0 Å². The second-order valence-electron chi connectivity index (χ2n) is 4.46. The van der Waals surface area contributed by atoms with Gasteiger partial charge < -0.3 is 10.6 Å². The number of anilines is 1. The first-order valence-electron chi connectivity index (χ1n) is 6.11. The van der Waals surface area contributed by atoms with Crippen LogP contribution in [0.4, 0.5) is 5.69 Å². The standard InChI is InChI=1S/C14H15BrN2S/c15-12-4-6-18-14(12)9-16-8-10-1-2-11-3-5-17-13(11)7-10/h1-2,4,6-7,16-17H,3,5,8-9H2. The molecule has 18 heavy (non-hydrogen) atoms. The van der Waals surface area contributed by atoms with Crippen LogP contribution in [0.15, 0.2) is 34.1 Å². The normalized spacial score (nSPS) is 13.4. The molecular weight excluding hydrogens is 308 g/mol. The highest BCUT2D eigenvalue weighted by Gasteiger charge is 2.09. The molecule has 0 amide bonds. The van der Waals surface area contributed by atoms with E-state index in [0.29, 0.717) is 0 Å². The van der Waals surface area contributed by atoms with Crippen molar-refractivity contribution < 1.29 is 0 Å². The molecule has 1 aromatic carbocycles. The zero-order valence-electron chi connectivity index (χ0n) is 10.0. The molecule has 0 bridgehead atoms. The van der Waals surface area contributed by atoms with E-state index in [0.717, 1.165) is 26.1 Å². The number of hydrogen-bond acceptors (Lipinski definition) is 3. The smallest absolute Gasteiger partial charge is 0.0376 e. The lowest BCUT2D eigenvalue weighted by molar-refractivity contribution is 0.699. The lowest BCUT2D eigenvalue weighted by atomic mass is 10.1. The number of fused-ring (bicyclic) bond motifs is 1. The molecule has 0 unspecified atom stereocenters. The molecule has 0 radical (unpaired) electrons. The van der Waals surface area contributed by atoms with Gasteiger partial charge in [-0.1, -0.05) is 12.1 Å². The second kappa shape index (κ2) is 5.43. The molecule has 94 valence electrons. The van der Waals surface area contributed by atoms with Crippen LogP contribution in [0.25, 0.3) is 0 Å². The second-order valence-corrected chi connectivity index (χ2v) is 6.32. The maximum absolute atomic E-state index is 3.55. The molecule has 0 spiro atoms. The minimum atomic E-state index is 0.916. The van der Waals surface area contributed by atoms with Crippen LogP contribution in [-0.4, -0.2) is 6.54 Å². The Morgan fingerprint density at radius 3 is 3.06 bits per heavy atom. The maximum atomic E-state index is 3.55. The quantitative estimate of drug-likeness (QED) is 0.895. The van der Waals surface area contributed by atoms with E-state index in [4.69, 9.17) is 0 Å². The summed E-state index contributed by atoms with van der Waals surface area (Å²) in [5.41, 5.74) is 4.10. The summed E-state index contributed by atoms with van der Waals surface area (Å²) < 4.78 is 1.20. The molecule has 2 nitrogen and oxygen atoms in total. The molecule has 3 rings (SSSR count). The van der Waals surface area contributed by atoms with Gasteiger partial charge in [-0.2, -0.15) is 0 Å². The minimum absolute atomic E-state index is 0.916. The summed E-state index contributed by atoms with van der Waals surface area (Å²) in [6.45, 7) is 2.91. The van der Waals surface area contributed by atoms with E-state index in [2.05, 4.69) is 56.2 Å². The average Bonchev–Trinajstić information content (AvgIpc) is 2.98. The molecule has 2 heterocycles. The average molecular weight is 323 g/mol. The molecule has 4 heteroatoms. The summed E-state index contributed by atoms with van der Waals surface area (Å²) in [5.74, 6) is 0. The van der Waals surface area contributed by atoms with Crippen molar-refractivity contribution in [2.24, 2.45) is 0 Å². The Kier molecular flexibility index (Phi) is 3.68. The van der Waals surface area contributed by atoms with Gasteiger partial charge in [-0.05, 0) is 51.0 Å². The van der Waals surface area contributed by atoms with Crippen molar-refractivity contribution in [2.75, 3.05) is 11.9 Å². The summed E-state index contributed by atoms with van der Waals surface area (Å²) in [4.78, 5) is 1.36. The largest absolute Gasteiger partial charge is 0.384 e. The van der Waals surface area contributed by atoms with Gasteiger partial charge in [0.1, 0.15) is 0 Å². The fourth-order valence-corrected chi connectivity index (χ4v) is 3.68. The Bertz CT molecular complexity index is 550. The molecule has 0 atom stereocenters. The van der Waals surface area contributed by atoms with Crippen molar-refractivity contribution in [1.82, 2.24) is 5.32 Å². The van der Waals surface area contributed by atoms with E-state index >= 15 is 0 Å². The van der Waals surface area contributed by atoms with Crippen LogP contribution < -0.4 is 10.6 Å². The number of thiophene rings is 1. The highest BCUT2D eigenvalue weighted by molar-refractivity contribution is 9.10. The van der Waals surface area contributed by atoms with Crippen molar-refractivity contribution in [3.8, 4) is 0 Å². The molecule has 1 aliphatic rings. The number of nitrogens with one attached hydrogen (secondary N) is 2. The van der Waals surface area contributed by atoms with Gasteiger partial charge in [0.2, 0.25) is 0 Å². The van der Waals surface area contributed by atoms with Crippen molar-refractivity contribution in [1.29, 1.82) is 0 Å². The molecule has 1 aromatic heterocycles. The first-order valence-corrected chi connectivity index (χ1v) is 7.78.